The van der Waals surface area contributed by atoms with Crippen molar-refractivity contribution in [3.8, 4) is 0 Å². The van der Waals surface area contributed by atoms with Crippen LogP contribution in [0.5, 0.6) is 0 Å². The Morgan fingerprint density at radius 3 is 2.57 bits per heavy atom. The van der Waals surface area contributed by atoms with Crippen LogP contribution < -0.4 is 10.0 Å². The number of furan rings is 1. The molecule has 1 amide bonds. The van der Waals surface area contributed by atoms with Crippen molar-refractivity contribution < 1.29 is 17.6 Å². The number of sulfonamides is 1. The number of piperazine rings is 1. The van der Waals surface area contributed by atoms with Crippen molar-refractivity contribution in [3.63, 3.8) is 0 Å². The van der Waals surface area contributed by atoms with E-state index in [9.17, 15) is 13.2 Å². The fourth-order valence-electron chi connectivity index (χ4n) is 2.44. The first-order valence-electron chi connectivity index (χ1n) is 6.83. The summed E-state index contributed by atoms with van der Waals surface area (Å²) < 4.78 is 29.8. The predicted molar refractivity (Wildman–Crippen MR) is 78.4 cm³/mol. The van der Waals surface area contributed by atoms with E-state index in [0.29, 0.717) is 18.8 Å². The molecule has 2 atom stereocenters. The van der Waals surface area contributed by atoms with Gasteiger partial charge >= 0.3 is 0 Å². The minimum Gasteiger partial charge on any atom is -0.455 e. The Kier molecular flexibility index (Phi) is 4.70. The average molecular weight is 315 g/mol. The maximum Gasteiger partial charge on any atom is 0.289 e. The average Bonchev–Trinajstić information content (AvgIpc) is 2.82. The summed E-state index contributed by atoms with van der Waals surface area (Å²) in [5, 5.41) is 3.36. The molecule has 2 N–H and O–H groups in total. The van der Waals surface area contributed by atoms with Crippen LogP contribution in [0, 0.1) is 0 Å². The minimum absolute atomic E-state index is 0.0421. The number of nitrogens with one attached hydrogen (secondary N) is 2. The number of carbonyl (C=O) groups excluding carboxylic acids is 1. The van der Waals surface area contributed by atoms with E-state index in [2.05, 4.69) is 10.0 Å². The summed E-state index contributed by atoms with van der Waals surface area (Å²) in [5.41, 5.74) is 0. The van der Waals surface area contributed by atoms with Crippen molar-refractivity contribution in [1.82, 2.24) is 14.9 Å². The van der Waals surface area contributed by atoms with Gasteiger partial charge in [0.25, 0.3) is 5.91 Å². The largest absolute Gasteiger partial charge is 0.455 e. The highest BCUT2D eigenvalue weighted by molar-refractivity contribution is 7.88. The smallest absolute Gasteiger partial charge is 0.289 e. The van der Waals surface area contributed by atoms with Crippen LogP contribution in [0.15, 0.2) is 16.5 Å². The molecule has 1 aliphatic heterocycles. The fraction of sp³-hybridized carbons (Fsp3) is 0.615. The van der Waals surface area contributed by atoms with E-state index in [-0.39, 0.29) is 30.3 Å². The molecule has 1 aliphatic rings. The second-order valence-corrected chi connectivity index (χ2v) is 7.37. The van der Waals surface area contributed by atoms with Gasteiger partial charge in [-0.25, -0.2) is 13.1 Å². The molecule has 0 saturated carbocycles. The molecule has 0 aromatic carbocycles. The van der Waals surface area contributed by atoms with E-state index >= 15 is 0 Å². The second kappa shape index (κ2) is 6.17. The molecule has 7 nitrogen and oxygen atoms in total. The lowest BCUT2D eigenvalue weighted by atomic mass is 10.1. The van der Waals surface area contributed by atoms with E-state index < -0.39 is 10.0 Å². The van der Waals surface area contributed by atoms with Crippen molar-refractivity contribution in [2.45, 2.75) is 32.5 Å². The van der Waals surface area contributed by atoms with Crippen LogP contribution >= 0.6 is 0 Å². The van der Waals surface area contributed by atoms with Crippen LogP contribution in [-0.2, 0) is 16.6 Å². The molecule has 118 valence electrons. The Bertz CT molecular complexity index is 601. The Morgan fingerprint density at radius 1 is 1.38 bits per heavy atom. The van der Waals surface area contributed by atoms with Crippen LogP contribution in [-0.4, -0.2) is 50.7 Å². The van der Waals surface area contributed by atoms with E-state index in [1.165, 1.54) is 0 Å². The summed E-state index contributed by atoms with van der Waals surface area (Å²) in [7, 11) is -3.28. The monoisotopic (exact) mass is 315 g/mol. The van der Waals surface area contributed by atoms with Gasteiger partial charge < -0.3 is 14.6 Å². The minimum atomic E-state index is -3.28. The van der Waals surface area contributed by atoms with Gasteiger partial charge in [0.2, 0.25) is 10.0 Å². The maximum atomic E-state index is 12.4. The molecule has 1 aromatic heterocycles. The van der Waals surface area contributed by atoms with Crippen molar-refractivity contribution in [2.24, 2.45) is 0 Å². The highest BCUT2D eigenvalue weighted by atomic mass is 32.2. The van der Waals surface area contributed by atoms with Crippen LogP contribution in [0.25, 0.3) is 0 Å². The topological polar surface area (TPSA) is 91.7 Å². The predicted octanol–water partition coefficient (Wildman–Crippen LogP) is 0.151. The number of nitrogens with zero attached hydrogens (tertiary/aromatic N) is 1. The van der Waals surface area contributed by atoms with Crippen LogP contribution in [0.1, 0.15) is 30.2 Å². The molecule has 1 aromatic rings. The lowest BCUT2D eigenvalue weighted by Gasteiger charge is -2.35. The van der Waals surface area contributed by atoms with Crippen molar-refractivity contribution in [1.29, 1.82) is 0 Å². The highest BCUT2D eigenvalue weighted by Crippen LogP contribution is 2.14. The first-order chi connectivity index (χ1) is 9.74. The zero-order chi connectivity index (χ0) is 15.6. The van der Waals surface area contributed by atoms with Gasteiger partial charge in [-0.2, -0.15) is 0 Å². The van der Waals surface area contributed by atoms with Gasteiger partial charge in [0.05, 0.1) is 12.8 Å². The van der Waals surface area contributed by atoms with Crippen molar-refractivity contribution in [3.05, 3.63) is 23.7 Å². The molecule has 1 saturated heterocycles. The molecule has 2 unspecified atom stereocenters. The number of hydrogen-bond donors (Lipinski definition) is 2. The SMILES string of the molecule is CC1CN(C(=O)c2ccc(CNS(C)(=O)=O)o2)CC(C)N1. The van der Waals surface area contributed by atoms with Gasteiger partial charge in [-0.1, -0.05) is 0 Å². The first kappa shape index (κ1) is 16.0. The van der Waals surface area contributed by atoms with Gasteiger partial charge in [0.15, 0.2) is 5.76 Å². The van der Waals surface area contributed by atoms with Crippen LogP contribution in [0.3, 0.4) is 0 Å². The van der Waals surface area contributed by atoms with E-state index in [0.717, 1.165) is 6.26 Å². The molecule has 0 aliphatic carbocycles. The summed E-state index contributed by atoms with van der Waals surface area (Å²) in [5.74, 6) is 0.488. The first-order valence-corrected chi connectivity index (χ1v) is 8.72. The van der Waals surface area contributed by atoms with Gasteiger partial charge in [-0.3, -0.25) is 4.79 Å². The van der Waals surface area contributed by atoms with Gasteiger partial charge in [0, 0.05) is 25.2 Å². The summed E-state index contributed by atoms with van der Waals surface area (Å²) in [6.45, 7) is 5.35. The summed E-state index contributed by atoms with van der Waals surface area (Å²) in [6.07, 6.45) is 1.07. The normalized spacial score (nSPS) is 23.3. The molecule has 0 spiro atoms. The summed E-state index contributed by atoms with van der Waals surface area (Å²) in [6, 6.07) is 3.66. The van der Waals surface area contributed by atoms with Crippen molar-refractivity contribution >= 4 is 15.9 Å². The second-order valence-electron chi connectivity index (χ2n) is 5.54. The molecule has 8 heteroatoms. The molecule has 2 heterocycles. The van der Waals surface area contributed by atoms with E-state index in [1.54, 1.807) is 17.0 Å². The Hall–Kier alpha value is -1.38. The quantitative estimate of drug-likeness (QED) is 0.825. The van der Waals surface area contributed by atoms with Crippen LogP contribution in [0.4, 0.5) is 0 Å². The summed E-state index contributed by atoms with van der Waals surface area (Å²) in [4.78, 5) is 14.1. The highest BCUT2D eigenvalue weighted by Gasteiger charge is 2.27. The number of amides is 1. The molecule has 1 fully saturated rings. The number of rotatable bonds is 4. The third kappa shape index (κ3) is 4.55. The van der Waals surface area contributed by atoms with E-state index in [4.69, 9.17) is 4.42 Å². The van der Waals surface area contributed by atoms with Crippen molar-refractivity contribution in [2.75, 3.05) is 19.3 Å². The molecular weight excluding hydrogens is 294 g/mol. The van der Waals surface area contributed by atoms with Gasteiger partial charge in [-0.05, 0) is 26.0 Å². The molecule has 2 rings (SSSR count). The summed E-state index contributed by atoms with van der Waals surface area (Å²) >= 11 is 0. The Labute approximate surface area is 124 Å². The van der Waals surface area contributed by atoms with Crippen LogP contribution in [0.2, 0.25) is 0 Å². The van der Waals surface area contributed by atoms with E-state index in [1.807, 2.05) is 13.8 Å². The zero-order valence-corrected chi connectivity index (χ0v) is 13.2. The lowest BCUT2D eigenvalue weighted by Crippen LogP contribution is -2.55. The standard InChI is InChI=1S/C13H21N3O4S/c1-9-7-16(8-10(2)15-9)13(17)12-5-4-11(20-12)6-14-21(3,18)19/h4-5,9-10,14-15H,6-8H2,1-3H3. The zero-order valence-electron chi connectivity index (χ0n) is 12.4. The number of carbonyl (C=O) groups is 1. The molecule has 0 radical (unpaired) electrons. The Morgan fingerprint density at radius 2 is 2.00 bits per heavy atom. The number of hydrogen-bond acceptors (Lipinski definition) is 5. The molecule has 21 heavy (non-hydrogen) atoms. The fourth-order valence-corrected chi connectivity index (χ4v) is 2.84. The molecular formula is C13H21N3O4S. The third-order valence-electron chi connectivity index (χ3n) is 3.23. The third-order valence-corrected chi connectivity index (χ3v) is 3.89. The molecule has 0 bridgehead atoms. The maximum absolute atomic E-state index is 12.4. The van der Waals surface area contributed by atoms with Gasteiger partial charge in [-0.15, -0.1) is 0 Å². The van der Waals surface area contributed by atoms with Gasteiger partial charge in [0.1, 0.15) is 5.76 Å². The Balaban J connectivity index is 2.01. The lowest BCUT2D eigenvalue weighted by molar-refractivity contribution is 0.0640.